The summed E-state index contributed by atoms with van der Waals surface area (Å²) < 4.78 is 16.2. The number of hydrazine groups is 1. The first-order chi connectivity index (χ1) is 12.8. The van der Waals surface area contributed by atoms with Gasteiger partial charge in [0.2, 0.25) is 11.7 Å². The summed E-state index contributed by atoms with van der Waals surface area (Å²) in [6.45, 7) is 0.711. The maximum Gasteiger partial charge on any atom is 0.233 e. The monoisotopic (exact) mass is 352 g/mol. The van der Waals surface area contributed by atoms with Crippen molar-refractivity contribution in [2.75, 3.05) is 20.8 Å². The topological polar surface area (TPSA) is 81.4 Å². The van der Waals surface area contributed by atoms with Gasteiger partial charge in [-0.25, -0.2) is 5.43 Å². The molecule has 2 unspecified atom stereocenters. The molecule has 3 aromatic rings. The number of aromatic nitrogens is 2. The predicted molar refractivity (Wildman–Crippen MR) is 95.9 cm³/mol. The van der Waals surface area contributed by atoms with Crippen molar-refractivity contribution in [3.05, 3.63) is 60.0 Å². The quantitative estimate of drug-likeness (QED) is 0.730. The first-order valence-electron chi connectivity index (χ1n) is 8.39. The molecule has 2 atom stereocenters. The number of rotatable bonds is 5. The SMILES string of the molecule is COc1cc(OC)cc(-c2noc(C3CNNC3c3ccccc3)n2)c1. The minimum absolute atomic E-state index is 0.0474. The molecule has 26 heavy (non-hydrogen) atoms. The number of ether oxygens (including phenoxy) is 2. The number of methoxy groups -OCH3 is 2. The van der Waals surface area contributed by atoms with Crippen molar-refractivity contribution >= 4 is 0 Å². The largest absolute Gasteiger partial charge is 0.497 e. The zero-order valence-corrected chi connectivity index (χ0v) is 14.6. The minimum Gasteiger partial charge on any atom is -0.497 e. The standard InChI is InChI=1S/C19H20N4O3/c1-24-14-8-13(9-15(10-14)25-2)18-21-19(26-23-18)16-11-20-22-17(16)12-6-4-3-5-7-12/h3-10,16-17,20,22H,11H2,1-2H3. The molecule has 4 rings (SSSR count). The molecule has 7 nitrogen and oxygen atoms in total. The molecule has 1 aliphatic rings. The van der Waals surface area contributed by atoms with Crippen LogP contribution in [0.25, 0.3) is 11.4 Å². The molecule has 0 amide bonds. The van der Waals surface area contributed by atoms with E-state index in [0.29, 0.717) is 29.8 Å². The highest BCUT2D eigenvalue weighted by Gasteiger charge is 2.34. The van der Waals surface area contributed by atoms with Crippen LogP contribution < -0.4 is 20.3 Å². The Kier molecular flexibility index (Phi) is 4.55. The molecule has 2 heterocycles. The van der Waals surface area contributed by atoms with Gasteiger partial charge in [0.05, 0.1) is 26.2 Å². The third-order valence-corrected chi connectivity index (χ3v) is 4.51. The fraction of sp³-hybridized carbons (Fsp3) is 0.263. The lowest BCUT2D eigenvalue weighted by Crippen LogP contribution is -2.24. The summed E-state index contributed by atoms with van der Waals surface area (Å²) in [6.07, 6.45) is 0. The molecule has 1 fully saturated rings. The first-order valence-corrected chi connectivity index (χ1v) is 8.39. The lowest BCUT2D eigenvalue weighted by Gasteiger charge is -2.15. The second kappa shape index (κ2) is 7.15. The highest BCUT2D eigenvalue weighted by Crippen LogP contribution is 2.34. The summed E-state index contributed by atoms with van der Waals surface area (Å²) in [7, 11) is 3.22. The summed E-state index contributed by atoms with van der Waals surface area (Å²) in [6, 6.07) is 15.8. The van der Waals surface area contributed by atoms with Crippen LogP contribution in [0.2, 0.25) is 0 Å². The van der Waals surface area contributed by atoms with E-state index in [2.05, 4.69) is 33.1 Å². The zero-order chi connectivity index (χ0) is 17.9. The van der Waals surface area contributed by atoms with Crippen LogP contribution in [0.1, 0.15) is 23.4 Å². The molecule has 1 aromatic heterocycles. The van der Waals surface area contributed by atoms with Gasteiger partial charge in [0, 0.05) is 18.2 Å². The molecule has 134 valence electrons. The molecule has 0 bridgehead atoms. The predicted octanol–water partition coefficient (Wildman–Crippen LogP) is 2.69. The van der Waals surface area contributed by atoms with Crippen LogP contribution in [0, 0.1) is 0 Å². The summed E-state index contributed by atoms with van der Waals surface area (Å²) in [5, 5.41) is 4.16. The van der Waals surface area contributed by atoms with Crippen LogP contribution in [-0.2, 0) is 0 Å². The van der Waals surface area contributed by atoms with Crippen LogP contribution in [0.4, 0.5) is 0 Å². The van der Waals surface area contributed by atoms with Crippen molar-refractivity contribution in [3.63, 3.8) is 0 Å². The van der Waals surface area contributed by atoms with E-state index in [-0.39, 0.29) is 12.0 Å². The lowest BCUT2D eigenvalue weighted by atomic mass is 9.95. The maximum atomic E-state index is 5.58. The van der Waals surface area contributed by atoms with Crippen molar-refractivity contribution < 1.29 is 14.0 Å². The van der Waals surface area contributed by atoms with Gasteiger partial charge >= 0.3 is 0 Å². The van der Waals surface area contributed by atoms with Gasteiger partial charge < -0.3 is 14.0 Å². The van der Waals surface area contributed by atoms with Gasteiger partial charge in [0.15, 0.2) is 0 Å². The number of hydrogen-bond donors (Lipinski definition) is 2. The summed E-state index contributed by atoms with van der Waals surface area (Å²) in [5.41, 5.74) is 8.43. The lowest BCUT2D eigenvalue weighted by molar-refractivity contribution is 0.347. The van der Waals surface area contributed by atoms with Crippen molar-refractivity contribution in [1.29, 1.82) is 0 Å². The summed E-state index contributed by atoms with van der Waals surface area (Å²) >= 11 is 0. The Morgan fingerprint density at radius 3 is 2.46 bits per heavy atom. The molecular formula is C19H20N4O3. The summed E-state index contributed by atoms with van der Waals surface area (Å²) in [5.74, 6) is 2.50. The Labute approximate surface area is 151 Å². The second-order valence-corrected chi connectivity index (χ2v) is 6.08. The average Bonchev–Trinajstić information content (AvgIpc) is 3.37. The van der Waals surface area contributed by atoms with E-state index >= 15 is 0 Å². The Balaban J connectivity index is 1.64. The van der Waals surface area contributed by atoms with E-state index in [1.165, 1.54) is 5.56 Å². The number of hydrogen-bond acceptors (Lipinski definition) is 7. The van der Waals surface area contributed by atoms with Crippen LogP contribution in [0.3, 0.4) is 0 Å². The van der Waals surface area contributed by atoms with Gasteiger partial charge in [-0.1, -0.05) is 35.5 Å². The van der Waals surface area contributed by atoms with Crippen molar-refractivity contribution in [2.24, 2.45) is 0 Å². The third kappa shape index (κ3) is 3.14. The molecular weight excluding hydrogens is 332 g/mol. The van der Waals surface area contributed by atoms with Crippen LogP contribution in [-0.4, -0.2) is 30.9 Å². The van der Waals surface area contributed by atoms with Crippen LogP contribution in [0.5, 0.6) is 11.5 Å². The van der Waals surface area contributed by atoms with Gasteiger partial charge in [-0.3, -0.25) is 5.43 Å². The highest BCUT2D eigenvalue weighted by molar-refractivity contribution is 5.60. The number of nitrogens with zero attached hydrogens (tertiary/aromatic N) is 2. The average molecular weight is 352 g/mol. The van der Waals surface area contributed by atoms with Crippen LogP contribution in [0.15, 0.2) is 53.1 Å². The van der Waals surface area contributed by atoms with E-state index in [1.807, 2.05) is 30.3 Å². The second-order valence-electron chi connectivity index (χ2n) is 6.08. The fourth-order valence-electron chi connectivity index (χ4n) is 3.14. The smallest absolute Gasteiger partial charge is 0.233 e. The zero-order valence-electron chi connectivity index (χ0n) is 14.6. The maximum absolute atomic E-state index is 5.58. The van der Waals surface area contributed by atoms with Gasteiger partial charge in [0.1, 0.15) is 11.5 Å². The van der Waals surface area contributed by atoms with Crippen LogP contribution >= 0.6 is 0 Å². The Bertz CT molecular complexity index is 859. The van der Waals surface area contributed by atoms with E-state index in [1.54, 1.807) is 20.3 Å². The first kappa shape index (κ1) is 16.6. The van der Waals surface area contributed by atoms with Crippen molar-refractivity contribution in [1.82, 2.24) is 21.0 Å². The van der Waals surface area contributed by atoms with Gasteiger partial charge in [0.25, 0.3) is 0 Å². The highest BCUT2D eigenvalue weighted by atomic mass is 16.5. The number of benzene rings is 2. The Morgan fingerprint density at radius 2 is 1.77 bits per heavy atom. The molecule has 2 N–H and O–H groups in total. The molecule has 1 aliphatic heterocycles. The van der Waals surface area contributed by atoms with Gasteiger partial charge in [-0.05, 0) is 17.7 Å². The molecule has 1 saturated heterocycles. The molecule has 0 radical (unpaired) electrons. The van der Waals surface area contributed by atoms with Gasteiger partial charge in [-0.15, -0.1) is 0 Å². The summed E-state index contributed by atoms with van der Waals surface area (Å²) in [4.78, 5) is 4.62. The van der Waals surface area contributed by atoms with Crippen molar-refractivity contribution in [2.45, 2.75) is 12.0 Å². The molecule has 0 aliphatic carbocycles. The molecule has 2 aromatic carbocycles. The van der Waals surface area contributed by atoms with E-state index in [4.69, 9.17) is 14.0 Å². The number of nitrogens with one attached hydrogen (secondary N) is 2. The minimum atomic E-state index is 0.0474. The fourth-order valence-corrected chi connectivity index (χ4v) is 3.14. The molecule has 7 heteroatoms. The Hall–Kier alpha value is -2.90. The normalized spacial score (nSPS) is 19.5. The van der Waals surface area contributed by atoms with Crippen molar-refractivity contribution in [3.8, 4) is 22.9 Å². The molecule has 0 spiro atoms. The molecule has 0 saturated carbocycles. The van der Waals surface area contributed by atoms with E-state index in [0.717, 1.165) is 5.56 Å². The third-order valence-electron chi connectivity index (χ3n) is 4.51. The van der Waals surface area contributed by atoms with E-state index in [9.17, 15) is 0 Å². The van der Waals surface area contributed by atoms with Gasteiger partial charge in [-0.2, -0.15) is 4.98 Å². The van der Waals surface area contributed by atoms with E-state index < -0.39 is 0 Å². The Morgan fingerprint density at radius 1 is 1.04 bits per heavy atom.